The molecule has 172 valence electrons. The number of hydrogen-bond acceptors (Lipinski definition) is 5. The summed E-state index contributed by atoms with van der Waals surface area (Å²) in [5.74, 6) is 0. The first-order valence-corrected chi connectivity index (χ1v) is 9.30. The molecule has 2 heterocycles. The van der Waals surface area contributed by atoms with Crippen LogP contribution in [0.1, 0.15) is 40.5 Å². The van der Waals surface area contributed by atoms with Crippen LogP contribution in [0, 0.1) is 11.3 Å². The van der Waals surface area contributed by atoms with Gasteiger partial charge in [0.15, 0.2) is 0 Å². The maximum absolute atomic E-state index is 13.0. The van der Waals surface area contributed by atoms with E-state index in [-0.39, 0.29) is 19.2 Å². The number of fused-ring (bicyclic) bond motifs is 1. The zero-order valence-electron chi connectivity index (χ0n) is 16.4. The second kappa shape index (κ2) is 8.70. The Kier molecular flexibility index (Phi) is 6.36. The Morgan fingerprint density at radius 3 is 2.31 bits per heavy atom. The number of alkyl halides is 6. The van der Waals surface area contributed by atoms with Crippen molar-refractivity contribution in [2.75, 3.05) is 6.54 Å². The molecule has 1 amide bonds. The predicted molar refractivity (Wildman–Crippen MR) is 96.4 cm³/mol. The van der Waals surface area contributed by atoms with Gasteiger partial charge in [-0.3, -0.25) is 4.68 Å². The fourth-order valence-corrected chi connectivity index (χ4v) is 3.20. The first-order valence-electron chi connectivity index (χ1n) is 9.30. The lowest BCUT2D eigenvalue weighted by atomic mass is 10.1. The number of amides is 1. The lowest BCUT2D eigenvalue weighted by Crippen LogP contribution is -2.31. The van der Waals surface area contributed by atoms with Crippen molar-refractivity contribution >= 4 is 6.09 Å². The molecule has 3 rings (SSSR count). The van der Waals surface area contributed by atoms with Crippen LogP contribution in [0.5, 0.6) is 0 Å². The molecule has 7 nitrogen and oxygen atoms in total. The van der Waals surface area contributed by atoms with Gasteiger partial charge in [-0.2, -0.15) is 36.7 Å². The van der Waals surface area contributed by atoms with Crippen molar-refractivity contribution in [2.45, 2.75) is 44.5 Å². The quantitative estimate of drug-likeness (QED) is 0.698. The first kappa shape index (κ1) is 23.4. The molecule has 1 aliphatic rings. The van der Waals surface area contributed by atoms with E-state index in [0.29, 0.717) is 36.5 Å². The summed E-state index contributed by atoms with van der Waals surface area (Å²) in [5, 5.41) is 13.1. The smallest absolute Gasteiger partial charge is 0.416 e. The van der Waals surface area contributed by atoms with Crippen LogP contribution in [0.3, 0.4) is 0 Å². The highest BCUT2D eigenvalue weighted by Crippen LogP contribution is 2.36. The monoisotopic (exact) mass is 461 g/mol. The van der Waals surface area contributed by atoms with E-state index in [1.54, 1.807) is 10.7 Å². The average molecular weight is 461 g/mol. The van der Waals surface area contributed by atoms with Crippen molar-refractivity contribution in [3.05, 3.63) is 52.3 Å². The van der Waals surface area contributed by atoms with Crippen LogP contribution in [-0.4, -0.2) is 27.3 Å². The normalized spacial score (nSPS) is 15.5. The third-order valence-corrected chi connectivity index (χ3v) is 4.76. The molecule has 1 unspecified atom stereocenters. The maximum atomic E-state index is 13.0. The Hall–Kier alpha value is -3.27. The van der Waals surface area contributed by atoms with Crippen molar-refractivity contribution in [1.82, 2.24) is 14.7 Å². The summed E-state index contributed by atoms with van der Waals surface area (Å²) >= 11 is 0. The molecular formula is C19H17F6N5O2. The molecule has 0 aliphatic carbocycles. The van der Waals surface area contributed by atoms with Crippen molar-refractivity contribution in [3.8, 4) is 6.07 Å². The van der Waals surface area contributed by atoms with Crippen molar-refractivity contribution < 1.29 is 35.9 Å². The van der Waals surface area contributed by atoms with E-state index >= 15 is 0 Å². The Morgan fingerprint density at radius 2 is 1.75 bits per heavy atom. The molecule has 1 aliphatic heterocycles. The molecule has 0 spiro atoms. The number of benzene rings is 1. The standard InChI is InChI=1S/C19H17F6N5O2/c20-18(21,22)12-4-11(5-13(6-12)19(23,24)25)10-32-17(31)29-2-1-3-30-14(9-29)7-16(28-30)15(27)8-26/h4-7,15H,1-3,9-10,27H2. The molecule has 2 aromatic rings. The number of nitrogens with two attached hydrogens (primary N) is 1. The molecular weight excluding hydrogens is 444 g/mol. The van der Waals surface area contributed by atoms with Crippen LogP contribution in [0.25, 0.3) is 0 Å². The maximum Gasteiger partial charge on any atom is 0.416 e. The number of aromatic nitrogens is 2. The van der Waals surface area contributed by atoms with Crippen LogP contribution in [0.15, 0.2) is 24.3 Å². The second-order valence-electron chi connectivity index (χ2n) is 7.13. The highest BCUT2D eigenvalue weighted by Gasteiger charge is 2.37. The topological polar surface area (TPSA) is 97.2 Å². The third-order valence-electron chi connectivity index (χ3n) is 4.76. The summed E-state index contributed by atoms with van der Waals surface area (Å²) < 4.78 is 84.4. The van der Waals surface area contributed by atoms with Gasteiger partial charge in [0, 0.05) is 13.1 Å². The third kappa shape index (κ3) is 5.31. The van der Waals surface area contributed by atoms with Gasteiger partial charge >= 0.3 is 18.4 Å². The van der Waals surface area contributed by atoms with Gasteiger partial charge in [-0.25, -0.2) is 4.79 Å². The number of rotatable bonds is 3. The number of hydrogen-bond donors (Lipinski definition) is 1. The van der Waals surface area contributed by atoms with Gasteiger partial charge in [0.05, 0.1) is 35.1 Å². The van der Waals surface area contributed by atoms with E-state index in [1.165, 1.54) is 4.90 Å². The number of nitriles is 1. The van der Waals surface area contributed by atoms with E-state index in [9.17, 15) is 31.1 Å². The van der Waals surface area contributed by atoms with Gasteiger partial charge in [-0.05, 0) is 36.2 Å². The molecule has 13 heteroatoms. The highest BCUT2D eigenvalue weighted by molar-refractivity contribution is 5.67. The Balaban J connectivity index is 1.74. The number of carbonyl (C=O) groups is 1. The van der Waals surface area contributed by atoms with E-state index in [4.69, 9.17) is 15.7 Å². The molecule has 32 heavy (non-hydrogen) atoms. The van der Waals surface area contributed by atoms with Gasteiger partial charge < -0.3 is 15.4 Å². The molecule has 1 aromatic heterocycles. The van der Waals surface area contributed by atoms with Crippen LogP contribution in [-0.2, 0) is 36.8 Å². The van der Waals surface area contributed by atoms with Crippen LogP contribution < -0.4 is 5.73 Å². The van der Waals surface area contributed by atoms with Gasteiger partial charge in [-0.15, -0.1) is 0 Å². The van der Waals surface area contributed by atoms with Crippen LogP contribution in [0.4, 0.5) is 31.1 Å². The van der Waals surface area contributed by atoms with Crippen LogP contribution >= 0.6 is 0 Å². The Bertz CT molecular complexity index is 1010. The van der Waals surface area contributed by atoms with Crippen molar-refractivity contribution in [1.29, 1.82) is 5.26 Å². The summed E-state index contributed by atoms with van der Waals surface area (Å²) in [6, 6.07) is 3.48. The Labute approximate surface area is 177 Å². The summed E-state index contributed by atoms with van der Waals surface area (Å²) in [7, 11) is 0. The minimum atomic E-state index is -4.99. The van der Waals surface area contributed by atoms with Gasteiger partial charge in [-0.1, -0.05) is 0 Å². The van der Waals surface area contributed by atoms with Gasteiger partial charge in [0.1, 0.15) is 12.6 Å². The molecule has 0 saturated heterocycles. The van der Waals surface area contributed by atoms with Crippen molar-refractivity contribution in [3.63, 3.8) is 0 Å². The van der Waals surface area contributed by atoms with Gasteiger partial charge in [0.25, 0.3) is 0 Å². The number of carbonyl (C=O) groups excluding carboxylic acids is 1. The number of nitrogens with zero attached hydrogens (tertiary/aromatic N) is 4. The SMILES string of the molecule is N#CC(N)c1cc2n(n1)CCCN(C(=O)OCc1cc(C(F)(F)F)cc(C(F)(F)F)c1)C2. The molecule has 0 radical (unpaired) electrons. The highest BCUT2D eigenvalue weighted by atomic mass is 19.4. The largest absolute Gasteiger partial charge is 0.445 e. The lowest BCUT2D eigenvalue weighted by molar-refractivity contribution is -0.143. The minimum Gasteiger partial charge on any atom is -0.445 e. The van der Waals surface area contributed by atoms with Crippen LogP contribution in [0.2, 0.25) is 0 Å². The summed E-state index contributed by atoms with van der Waals surface area (Å²) in [6.45, 7) is -0.0788. The molecule has 0 fully saturated rings. The number of aryl methyl sites for hydroxylation is 1. The first-order chi connectivity index (χ1) is 14.9. The fourth-order valence-electron chi connectivity index (χ4n) is 3.20. The van der Waals surface area contributed by atoms with E-state index in [0.717, 1.165) is 0 Å². The molecule has 0 saturated carbocycles. The predicted octanol–water partition coefficient (Wildman–Crippen LogP) is 3.99. The number of ether oxygens (including phenoxy) is 1. The van der Waals surface area contributed by atoms with Crippen molar-refractivity contribution in [2.24, 2.45) is 5.73 Å². The molecule has 1 aromatic carbocycles. The van der Waals surface area contributed by atoms with E-state index in [1.807, 2.05) is 6.07 Å². The van der Waals surface area contributed by atoms with Gasteiger partial charge in [0.2, 0.25) is 0 Å². The molecule has 1 atom stereocenters. The summed E-state index contributed by atoms with van der Waals surface area (Å²) in [6.07, 6.45) is -10.4. The zero-order valence-corrected chi connectivity index (χ0v) is 16.4. The average Bonchev–Trinajstić information content (AvgIpc) is 3.01. The molecule has 2 N–H and O–H groups in total. The Morgan fingerprint density at radius 1 is 1.12 bits per heavy atom. The van der Waals surface area contributed by atoms with E-state index < -0.39 is 47.8 Å². The van der Waals surface area contributed by atoms with E-state index in [2.05, 4.69) is 5.10 Å². The molecule has 0 bridgehead atoms. The number of halogens is 6. The minimum absolute atomic E-state index is 0.00477. The second-order valence-corrected chi connectivity index (χ2v) is 7.13. The fraction of sp³-hybridized carbons (Fsp3) is 0.421. The zero-order chi connectivity index (χ0) is 23.7. The summed E-state index contributed by atoms with van der Waals surface area (Å²) in [5.41, 5.74) is 3.11. The lowest BCUT2D eigenvalue weighted by Gasteiger charge is -2.20. The summed E-state index contributed by atoms with van der Waals surface area (Å²) in [4.78, 5) is 13.7.